The van der Waals surface area contributed by atoms with Gasteiger partial charge < -0.3 is 23.9 Å². The van der Waals surface area contributed by atoms with E-state index in [2.05, 4.69) is 5.73 Å². The van der Waals surface area contributed by atoms with Crippen LogP contribution in [-0.4, -0.2) is 21.1 Å². The van der Waals surface area contributed by atoms with Crippen LogP contribution in [0.1, 0.15) is 11.1 Å². The fourth-order valence-corrected chi connectivity index (χ4v) is 2.02. The predicted octanol–water partition coefficient (Wildman–Crippen LogP) is -1.43. The zero-order valence-electron chi connectivity index (χ0n) is 14.1. The second-order valence-corrected chi connectivity index (χ2v) is 5.70. The molecule has 0 aliphatic heterocycles. The molecule has 2 rings (SSSR count). The minimum absolute atomic E-state index is 0. The number of rotatable bonds is 6. The summed E-state index contributed by atoms with van der Waals surface area (Å²) in [4.78, 5) is 30.3. The number of non-ortho nitro benzene ring substituents is 2. The third-order valence-corrected chi connectivity index (χ3v) is 3.68. The van der Waals surface area contributed by atoms with Crippen LogP contribution in [0.15, 0.2) is 48.5 Å². The lowest BCUT2D eigenvalue weighted by atomic mass is 10.1. The molecule has 1 unspecified atom stereocenters. The second-order valence-electron chi connectivity index (χ2n) is 5.17. The average Bonchev–Trinajstić information content (AvgIpc) is 2.62. The van der Waals surface area contributed by atoms with Crippen molar-refractivity contribution in [1.29, 1.82) is 0 Å². The average molecular weight is 417 g/mol. The SMILES string of the molecule is NC(=O)C(Cl)Cc1ccc([N+](=O)[O-])cc1.[Cl-].[NH3+]Cc1ccc([N+](=O)[O-])cc1. The molecule has 5 N–H and O–H groups in total. The van der Waals surface area contributed by atoms with Gasteiger partial charge in [0.25, 0.3) is 11.4 Å². The van der Waals surface area contributed by atoms with E-state index in [1.165, 1.54) is 24.3 Å². The Labute approximate surface area is 166 Å². The van der Waals surface area contributed by atoms with Gasteiger partial charge in [0.1, 0.15) is 5.38 Å². The van der Waals surface area contributed by atoms with Crippen molar-refractivity contribution < 1.29 is 32.8 Å². The van der Waals surface area contributed by atoms with Crippen molar-refractivity contribution in [1.82, 2.24) is 0 Å². The molecule has 0 saturated carbocycles. The van der Waals surface area contributed by atoms with Crippen molar-refractivity contribution >= 4 is 28.9 Å². The second kappa shape index (κ2) is 11.8. The first-order chi connectivity index (χ1) is 12.2. The molecule has 146 valence electrons. The molecule has 0 radical (unpaired) electrons. The maximum absolute atomic E-state index is 10.7. The molecule has 0 aliphatic carbocycles. The number of alkyl halides is 1. The van der Waals surface area contributed by atoms with Crippen LogP contribution in [0, 0.1) is 20.2 Å². The topological polar surface area (TPSA) is 157 Å². The van der Waals surface area contributed by atoms with Crippen molar-refractivity contribution in [3.05, 3.63) is 79.9 Å². The fourth-order valence-electron chi connectivity index (χ4n) is 1.85. The van der Waals surface area contributed by atoms with Crippen molar-refractivity contribution in [3.63, 3.8) is 0 Å². The van der Waals surface area contributed by atoms with E-state index in [1.54, 1.807) is 24.3 Å². The molecular formula is C16H18Cl2N4O5. The van der Waals surface area contributed by atoms with Gasteiger partial charge in [-0.1, -0.05) is 12.1 Å². The van der Waals surface area contributed by atoms with E-state index in [0.29, 0.717) is 6.54 Å². The maximum Gasteiger partial charge on any atom is 0.269 e. The molecule has 9 nitrogen and oxygen atoms in total. The quantitative estimate of drug-likeness (QED) is 0.335. The molecule has 0 aliphatic rings. The number of nitro benzene ring substituents is 2. The van der Waals surface area contributed by atoms with Gasteiger partial charge in [-0.05, 0) is 24.1 Å². The monoisotopic (exact) mass is 416 g/mol. The van der Waals surface area contributed by atoms with Crippen LogP contribution >= 0.6 is 11.6 Å². The van der Waals surface area contributed by atoms with Crippen LogP contribution in [0.3, 0.4) is 0 Å². The summed E-state index contributed by atoms with van der Waals surface area (Å²) in [5.74, 6) is -0.602. The summed E-state index contributed by atoms with van der Waals surface area (Å²) >= 11 is 5.64. The standard InChI is InChI=1S/C9H9ClN2O3.C7H8N2O2.ClH/c10-8(9(11)13)5-6-1-3-7(4-2-6)12(14)15;8-5-6-1-3-7(4-2-6)9(10)11;/h1-4,8H,5H2,(H2,11,13);1-4H,5,8H2;1H. The molecule has 0 saturated heterocycles. The molecular weight excluding hydrogens is 399 g/mol. The van der Waals surface area contributed by atoms with Crippen molar-refractivity contribution in [3.8, 4) is 0 Å². The number of nitrogens with zero attached hydrogens (tertiary/aromatic N) is 2. The Morgan fingerprint density at radius 1 is 0.963 bits per heavy atom. The third-order valence-electron chi connectivity index (χ3n) is 3.31. The summed E-state index contributed by atoms with van der Waals surface area (Å²) in [6.45, 7) is 0.665. The van der Waals surface area contributed by atoms with E-state index in [1.807, 2.05) is 0 Å². The van der Waals surface area contributed by atoms with E-state index in [-0.39, 0.29) is 30.2 Å². The molecule has 0 fully saturated rings. The first-order valence-electron chi connectivity index (χ1n) is 7.44. The molecule has 2 aromatic rings. The molecule has 0 aromatic heterocycles. The number of nitrogens with two attached hydrogens (primary N) is 1. The lowest BCUT2D eigenvalue weighted by Gasteiger charge is -2.04. The lowest BCUT2D eigenvalue weighted by Crippen LogP contribution is -3.00. The summed E-state index contributed by atoms with van der Waals surface area (Å²) in [7, 11) is 0. The Morgan fingerprint density at radius 3 is 1.63 bits per heavy atom. The van der Waals surface area contributed by atoms with Gasteiger partial charge in [0.15, 0.2) is 0 Å². The molecule has 0 heterocycles. The highest BCUT2D eigenvalue weighted by molar-refractivity contribution is 6.30. The van der Waals surface area contributed by atoms with E-state index in [4.69, 9.17) is 17.3 Å². The summed E-state index contributed by atoms with van der Waals surface area (Å²) in [6, 6.07) is 12.2. The van der Waals surface area contributed by atoms with Crippen LogP contribution in [0.2, 0.25) is 0 Å². The lowest BCUT2D eigenvalue weighted by molar-refractivity contribution is -0.387. The molecule has 11 heteroatoms. The first-order valence-corrected chi connectivity index (χ1v) is 7.87. The van der Waals surface area contributed by atoms with Crippen LogP contribution in [0.25, 0.3) is 0 Å². The van der Waals surface area contributed by atoms with Gasteiger partial charge in [-0.15, -0.1) is 11.6 Å². The van der Waals surface area contributed by atoms with Gasteiger partial charge in [0.2, 0.25) is 5.91 Å². The van der Waals surface area contributed by atoms with Gasteiger partial charge in [-0.3, -0.25) is 25.0 Å². The summed E-state index contributed by atoms with van der Waals surface area (Å²) < 4.78 is 0. The zero-order chi connectivity index (χ0) is 19.7. The number of carbonyl (C=O) groups excluding carboxylic acids is 1. The molecule has 27 heavy (non-hydrogen) atoms. The number of primary amides is 1. The minimum atomic E-state index is -0.786. The summed E-state index contributed by atoms with van der Waals surface area (Å²) in [5.41, 5.74) is 10.5. The molecule has 1 amide bonds. The zero-order valence-corrected chi connectivity index (χ0v) is 15.6. The highest BCUT2D eigenvalue weighted by atomic mass is 35.5. The van der Waals surface area contributed by atoms with E-state index in [0.717, 1.165) is 11.1 Å². The molecule has 0 spiro atoms. The van der Waals surface area contributed by atoms with Crippen LogP contribution in [-0.2, 0) is 17.8 Å². The number of quaternary nitrogens is 1. The van der Waals surface area contributed by atoms with Crippen molar-refractivity contribution in [2.75, 3.05) is 0 Å². The van der Waals surface area contributed by atoms with Crippen LogP contribution in [0.5, 0.6) is 0 Å². The first kappa shape index (κ1) is 24.2. The Hall–Kier alpha value is -2.75. The third kappa shape index (κ3) is 8.45. The summed E-state index contributed by atoms with van der Waals surface area (Å²) in [6.07, 6.45) is 0.273. The Kier molecular flexibility index (Phi) is 10.6. The summed E-state index contributed by atoms with van der Waals surface area (Å²) in [5, 5.41) is 19.8. The molecule has 2 aromatic carbocycles. The van der Waals surface area contributed by atoms with Gasteiger partial charge in [-0.25, -0.2) is 0 Å². The van der Waals surface area contributed by atoms with Gasteiger partial charge in [0, 0.05) is 29.8 Å². The van der Waals surface area contributed by atoms with Crippen LogP contribution < -0.4 is 23.9 Å². The molecule has 0 bridgehead atoms. The maximum atomic E-state index is 10.7. The van der Waals surface area contributed by atoms with Crippen molar-refractivity contribution in [2.45, 2.75) is 18.3 Å². The number of hydrogen-bond donors (Lipinski definition) is 2. The smallest absolute Gasteiger partial charge is 0.269 e. The Morgan fingerprint density at radius 2 is 1.33 bits per heavy atom. The minimum Gasteiger partial charge on any atom is -1.00 e. The van der Waals surface area contributed by atoms with E-state index in [9.17, 15) is 25.0 Å². The number of halogens is 2. The van der Waals surface area contributed by atoms with E-state index >= 15 is 0 Å². The fraction of sp³-hybridized carbons (Fsp3) is 0.188. The van der Waals surface area contributed by atoms with Gasteiger partial charge >= 0.3 is 0 Å². The number of carbonyl (C=O) groups is 1. The predicted molar refractivity (Wildman–Crippen MR) is 95.3 cm³/mol. The highest BCUT2D eigenvalue weighted by Crippen LogP contribution is 2.14. The van der Waals surface area contributed by atoms with Gasteiger partial charge in [-0.2, -0.15) is 0 Å². The molecule has 1 atom stereocenters. The number of nitro groups is 2. The van der Waals surface area contributed by atoms with Gasteiger partial charge in [0.05, 0.1) is 16.4 Å². The largest absolute Gasteiger partial charge is 1.00 e. The Bertz CT molecular complexity index is 769. The van der Waals surface area contributed by atoms with Crippen molar-refractivity contribution in [2.24, 2.45) is 5.73 Å². The number of hydrogen-bond acceptors (Lipinski definition) is 5. The highest BCUT2D eigenvalue weighted by Gasteiger charge is 2.12. The van der Waals surface area contributed by atoms with Crippen LogP contribution in [0.4, 0.5) is 11.4 Å². The number of amides is 1. The Balaban J connectivity index is 0.000000504. The van der Waals surface area contributed by atoms with E-state index < -0.39 is 21.1 Å². The normalized spacial score (nSPS) is 10.6. The number of benzene rings is 2.